The molecular formula is C12H16ClFN2. The zero-order valence-electron chi connectivity index (χ0n) is 9.05. The minimum Gasteiger partial charge on any atom is -0.330 e. The van der Waals surface area contributed by atoms with E-state index >= 15 is 0 Å². The molecule has 1 heterocycles. The fourth-order valence-electron chi connectivity index (χ4n) is 2.28. The summed E-state index contributed by atoms with van der Waals surface area (Å²) in [6, 6.07) is 4.83. The second kappa shape index (κ2) is 5.13. The van der Waals surface area contributed by atoms with Gasteiger partial charge in [-0.15, -0.1) is 0 Å². The maximum atomic E-state index is 13.1. The van der Waals surface area contributed by atoms with Crippen LogP contribution in [0.5, 0.6) is 0 Å². The van der Waals surface area contributed by atoms with E-state index < -0.39 is 0 Å². The van der Waals surface area contributed by atoms with Gasteiger partial charge in [-0.1, -0.05) is 11.6 Å². The minimum absolute atomic E-state index is 0.235. The van der Waals surface area contributed by atoms with Crippen molar-refractivity contribution in [2.24, 2.45) is 11.7 Å². The number of rotatable bonds is 3. The van der Waals surface area contributed by atoms with Crippen LogP contribution in [0.2, 0.25) is 5.02 Å². The Morgan fingerprint density at radius 3 is 3.06 bits per heavy atom. The van der Waals surface area contributed by atoms with E-state index in [-0.39, 0.29) is 5.82 Å². The van der Waals surface area contributed by atoms with Gasteiger partial charge in [0.15, 0.2) is 0 Å². The Kier molecular flexibility index (Phi) is 3.79. The summed E-state index contributed by atoms with van der Waals surface area (Å²) in [4.78, 5) is 0. The van der Waals surface area contributed by atoms with Crippen molar-refractivity contribution >= 4 is 11.6 Å². The summed E-state index contributed by atoms with van der Waals surface area (Å²) in [6.07, 6.45) is 1.84. The van der Waals surface area contributed by atoms with Gasteiger partial charge in [-0.25, -0.2) is 4.39 Å². The molecule has 2 rings (SSSR count). The molecule has 1 aliphatic heterocycles. The van der Waals surface area contributed by atoms with Crippen LogP contribution in [0.1, 0.15) is 12.0 Å². The summed E-state index contributed by atoms with van der Waals surface area (Å²) in [7, 11) is 0. The quantitative estimate of drug-likeness (QED) is 0.851. The fraction of sp³-hybridized carbons (Fsp3) is 0.500. The van der Waals surface area contributed by atoms with Gasteiger partial charge in [-0.05, 0) is 55.6 Å². The van der Waals surface area contributed by atoms with Gasteiger partial charge in [-0.3, -0.25) is 0 Å². The first-order chi connectivity index (χ1) is 7.70. The Morgan fingerprint density at radius 1 is 1.50 bits per heavy atom. The molecule has 0 saturated carbocycles. The van der Waals surface area contributed by atoms with Crippen LogP contribution in [0.25, 0.3) is 0 Å². The van der Waals surface area contributed by atoms with Crippen LogP contribution >= 0.6 is 11.6 Å². The Bertz CT molecular complexity index is 370. The summed E-state index contributed by atoms with van der Waals surface area (Å²) in [5.41, 5.74) is 6.56. The first-order valence-corrected chi connectivity index (χ1v) is 5.96. The molecule has 88 valence electrons. The van der Waals surface area contributed by atoms with Crippen LogP contribution < -0.4 is 11.1 Å². The largest absolute Gasteiger partial charge is 0.330 e. The van der Waals surface area contributed by atoms with Crippen LogP contribution in [0.4, 0.5) is 4.39 Å². The van der Waals surface area contributed by atoms with Gasteiger partial charge in [0.1, 0.15) is 5.82 Å². The molecule has 16 heavy (non-hydrogen) atoms. The lowest BCUT2D eigenvalue weighted by molar-refractivity contribution is 0.453. The zero-order chi connectivity index (χ0) is 11.5. The van der Waals surface area contributed by atoms with Crippen molar-refractivity contribution in [3.05, 3.63) is 34.6 Å². The average molecular weight is 243 g/mol. The maximum absolute atomic E-state index is 13.1. The van der Waals surface area contributed by atoms with E-state index in [1.54, 1.807) is 6.07 Å². The van der Waals surface area contributed by atoms with E-state index in [0.29, 0.717) is 23.5 Å². The van der Waals surface area contributed by atoms with Crippen molar-refractivity contribution in [3.8, 4) is 0 Å². The lowest BCUT2D eigenvalue weighted by atomic mass is 9.95. The summed E-state index contributed by atoms with van der Waals surface area (Å²) < 4.78 is 13.1. The van der Waals surface area contributed by atoms with Gasteiger partial charge in [-0.2, -0.15) is 0 Å². The lowest BCUT2D eigenvalue weighted by Gasteiger charge is -2.18. The van der Waals surface area contributed by atoms with E-state index in [9.17, 15) is 4.39 Å². The van der Waals surface area contributed by atoms with E-state index in [2.05, 4.69) is 5.32 Å². The molecule has 2 unspecified atom stereocenters. The van der Waals surface area contributed by atoms with Crippen LogP contribution in [0.3, 0.4) is 0 Å². The SMILES string of the molecule is NCC1CCNC1Cc1cc(F)ccc1Cl. The Morgan fingerprint density at radius 2 is 2.31 bits per heavy atom. The molecule has 3 N–H and O–H groups in total. The molecular weight excluding hydrogens is 227 g/mol. The molecule has 0 bridgehead atoms. The van der Waals surface area contributed by atoms with Crippen molar-refractivity contribution in [2.45, 2.75) is 18.9 Å². The molecule has 0 aliphatic carbocycles. The van der Waals surface area contributed by atoms with Gasteiger partial charge in [0.2, 0.25) is 0 Å². The molecule has 1 saturated heterocycles. The molecule has 1 aromatic carbocycles. The highest BCUT2D eigenvalue weighted by molar-refractivity contribution is 6.31. The van der Waals surface area contributed by atoms with Crippen molar-refractivity contribution in [1.82, 2.24) is 5.32 Å². The number of hydrogen-bond acceptors (Lipinski definition) is 2. The van der Waals surface area contributed by atoms with Crippen LogP contribution in [-0.4, -0.2) is 19.1 Å². The van der Waals surface area contributed by atoms with Gasteiger partial charge in [0.05, 0.1) is 0 Å². The number of nitrogens with two attached hydrogens (primary N) is 1. The van der Waals surface area contributed by atoms with E-state index in [4.69, 9.17) is 17.3 Å². The Hall–Kier alpha value is -0.640. The van der Waals surface area contributed by atoms with Crippen molar-refractivity contribution in [1.29, 1.82) is 0 Å². The van der Waals surface area contributed by atoms with Crippen molar-refractivity contribution in [3.63, 3.8) is 0 Å². The monoisotopic (exact) mass is 242 g/mol. The predicted molar refractivity (Wildman–Crippen MR) is 64.1 cm³/mol. The standard InChI is InChI=1S/C12H16ClFN2/c13-11-2-1-10(14)5-9(11)6-12-8(7-15)3-4-16-12/h1-2,5,8,12,16H,3-4,6-7,15H2. The first-order valence-electron chi connectivity index (χ1n) is 5.58. The third kappa shape index (κ3) is 2.54. The highest BCUT2D eigenvalue weighted by Gasteiger charge is 2.26. The second-order valence-corrected chi connectivity index (χ2v) is 4.69. The van der Waals surface area contributed by atoms with E-state index in [1.165, 1.54) is 12.1 Å². The molecule has 0 amide bonds. The smallest absolute Gasteiger partial charge is 0.123 e. The van der Waals surface area contributed by atoms with Crippen LogP contribution in [0.15, 0.2) is 18.2 Å². The fourth-order valence-corrected chi connectivity index (χ4v) is 2.47. The Labute approximate surface area is 100.0 Å². The molecule has 0 radical (unpaired) electrons. The first kappa shape index (κ1) is 11.8. The van der Waals surface area contributed by atoms with Crippen LogP contribution in [-0.2, 0) is 6.42 Å². The third-order valence-electron chi connectivity index (χ3n) is 3.24. The van der Waals surface area contributed by atoms with Crippen molar-refractivity contribution in [2.75, 3.05) is 13.1 Å². The molecule has 0 aromatic heterocycles. The number of hydrogen-bond donors (Lipinski definition) is 2. The second-order valence-electron chi connectivity index (χ2n) is 4.28. The maximum Gasteiger partial charge on any atom is 0.123 e. The highest BCUT2D eigenvalue weighted by Crippen LogP contribution is 2.23. The van der Waals surface area contributed by atoms with E-state index in [0.717, 1.165) is 24.9 Å². The van der Waals surface area contributed by atoms with E-state index in [1.807, 2.05) is 0 Å². The average Bonchev–Trinajstić information content (AvgIpc) is 2.71. The number of benzene rings is 1. The Balaban J connectivity index is 2.11. The molecule has 1 aliphatic rings. The molecule has 0 spiro atoms. The number of nitrogens with one attached hydrogen (secondary N) is 1. The predicted octanol–water partition coefficient (Wildman–Crippen LogP) is 1.96. The summed E-state index contributed by atoms with van der Waals surface area (Å²) in [6.45, 7) is 1.66. The normalized spacial score (nSPS) is 24.9. The summed E-state index contributed by atoms with van der Waals surface area (Å²) in [5, 5.41) is 4.02. The summed E-state index contributed by atoms with van der Waals surface area (Å²) in [5.74, 6) is 0.237. The molecule has 2 atom stereocenters. The lowest BCUT2D eigenvalue weighted by Crippen LogP contribution is -2.33. The molecule has 1 fully saturated rings. The third-order valence-corrected chi connectivity index (χ3v) is 3.61. The van der Waals surface area contributed by atoms with Gasteiger partial charge < -0.3 is 11.1 Å². The zero-order valence-corrected chi connectivity index (χ0v) is 9.80. The van der Waals surface area contributed by atoms with Crippen LogP contribution in [0, 0.1) is 11.7 Å². The molecule has 1 aromatic rings. The molecule has 4 heteroatoms. The topological polar surface area (TPSA) is 38.0 Å². The molecule has 2 nitrogen and oxygen atoms in total. The van der Waals surface area contributed by atoms with Crippen molar-refractivity contribution < 1.29 is 4.39 Å². The van der Waals surface area contributed by atoms with Gasteiger partial charge in [0, 0.05) is 11.1 Å². The minimum atomic E-state index is -0.235. The summed E-state index contributed by atoms with van der Waals surface area (Å²) >= 11 is 6.04. The number of halogens is 2. The van der Waals surface area contributed by atoms with Gasteiger partial charge >= 0.3 is 0 Å². The van der Waals surface area contributed by atoms with Gasteiger partial charge in [0.25, 0.3) is 0 Å². The highest BCUT2D eigenvalue weighted by atomic mass is 35.5.